The van der Waals surface area contributed by atoms with E-state index in [1.807, 2.05) is 36.4 Å². The van der Waals surface area contributed by atoms with Crippen LogP contribution in [-0.2, 0) is 0 Å². The molecule has 4 heterocycles. The summed E-state index contributed by atoms with van der Waals surface area (Å²) in [5.41, 5.74) is 15.5. The summed E-state index contributed by atoms with van der Waals surface area (Å²) in [6.07, 6.45) is 3.60. The Balaban J connectivity index is 1.05. The molecule has 0 saturated heterocycles. The Morgan fingerprint density at radius 3 is 1.48 bits per heavy atom. The maximum absolute atomic E-state index is 5.28. The molecule has 4 heteroatoms. The van der Waals surface area contributed by atoms with E-state index in [9.17, 15) is 0 Å². The number of rotatable bonds is 7. The molecular weight excluding hydrogens is 681 g/mol. The Morgan fingerprint density at radius 1 is 0.286 bits per heavy atom. The fraction of sp³-hybridized carbons (Fsp3) is 0. The number of benzene rings is 6. The van der Waals surface area contributed by atoms with Crippen LogP contribution in [0.4, 0.5) is 0 Å². The maximum Gasteiger partial charge on any atom is 0.0900 e. The van der Waals surface area contributed by atoms with E-state index in [0.717, 1.165) is 78.1 Å². The van der Waals surface area contributed by atoms with Gasteiger partial charge in [-0.15, -0.1) is 0 Å². The van der Waals surface area contributed by atoms with E-state index in [4.69, 9.17) is 9.97 Å². The van der Waals surface area contributed by atoms with Crippen molar-refractivity contribution >= 4 is 21.7 Å². The molecule has 0 fully saturated rings. The molecule has 0 aliphatic rings. The number of pyridine rings is 4. The van der Waals surface area contributed by atoms with E-state index in [1.165, 1.54) is 22.1 Å². The van der Waals surface area contributed by atoms with Crippen molar-refractivity contribution in [2.24, 2.45) is 0 Å². The average Bonchev–Trinajstić information content (AvgIpc) is 3.29. The quantitative estimate of drug-likeness (QED) is 0.154. The van der Waals surface area contributed by atoms with Crippen LogP contribution in [0.3, 0.4) is 0 Å². The fourth-order valence-electron chi connectivity index (χ4n) is 7.65. The first-order valence-electron chi connectivity index (χ1n) is 18.8. The number of hydrogen-bond acceptors (Lipinski definition) is 4. The van der Waals surface area contributed by atoms with Gasteiger partial charge in [0.15, 0.2) is 0 Å². The van der Waals surface area contributed by atoms with Crippen LogP contribution in [0.5, 0.6) is 0 Å². The number of fused-ring (bicyclic) bond motifs is 3. The summed E-state index contributed by atoms with van der Waals surface area (Å²) in [5, 5.41) is 3.48. The minimum Gasteiger partial charge on any atom is -0.255 e. The third-order valence-electron chi connectivity index (χ3n) is 10.4. The zero-order valence-electron chi connectivity index (χ0n) is 30.4. The van der Waals surface area contributed by atoms with E-state index >= 15 is 0 Å². The van der Waals surface area contributed by atoms with Gasteiger partial charge in [-0.3, -0.25) is 9.97 Å². The first-order valence-corrected chi connectivity index (χ1v) is 18.8. The Bertz CT molecular complexity index is 2940. The van der Waals surface area contributed by atoms with Crippen LogP contribution in [0.15, 0.2) is 207 Å². The Labute approximate surface area is 325 Å². The van der Waals surface area contributed by atoms with E-state index in [1.54, 1.807) is 12.4 Å². The number of para-hydroxylation sites is 1. The van der Waals surface area contributed by atoms with Gasteiger partial charge in [0.2, 0.25) is 0 Å². The predicted molar refractivity (Wildman–Crippen MR) is 231 cm³/mol. The molecular formula is C52H34N4. The molecule has 0 radical (unpaired) electrons. The molecule has 4 nitrogen and oxygen atoms in total. The monoisotopic (exact) mass is 714 g/mol. The van der Waals surface area contributed by atoms with Crippen LogP contribution in [0.1, 0.15) is 0 Å². The molecule has 56 heavy (non-hydrogen) atoms. The lowest BCUT2D eigenvalue weighted by molar-refractivity contribution is 1.22. The Morgan fingerprint density at radius 2 is 0.804 bits per heavy atom. The molecule has 0 aliphatic carbocycles. The second-order valence-corrected chi connectivity index (χ2v) is 13.9. The van der Waals surface area contributed by atoms with Gasteiger partial charge >= 0.3 is 0 Å². The van der Waals surface area contributed by atoms with Crippen molar-refractivity contribution in [2.75, 3.05) is 0 Å². The first-order chi connectivity index (χ1) is 27.7. The summed E-state index contributed by atoms with van der Waals surface area (Å²) < 4.78 is 0. The Kier molecular flexibility index (Phi) is 8.47. The van der Waals surface area contributed by atoms with Gasteiger partial charge < -0.3 is 0 Å². The predicted octanol–water partition coefficient (Wildman–Crippen LogP) is 13.2. The molecule has 0 spiro atoms. The summed E-state index contributed by atoms with van der Waals surface area (Å²) in [6, 6.07) is 68.0. The minimum atomic E-state index is 0.811. The fourth-order valence-corrected chi connectivity index (χ4v) is 7.65. The van der Waals surface area contributed by atoms with Crippen LogP contribution in [0.2, 0.25) is 0 Å². The van der Waals surface area contributed by atoms with E-state index in [-0.39, 0.29) is 0 Å². The first kappa shape index (κ1) is 33.0. The smallest absolute Gasteiger partial charge is 0.0900 e. The zero-order valence-corrected chi connectivity index (χ0v) is 30.4. The van der Waals surface area contributed by atoms with E-state index in [2.05, 4.69) is 168 Å². The molecule has 262 valence electrons. The van der Waals surface area contributed by atoms with Crippen molar-refractivity contribution in [3.63, 3.8) is 0 Å². The third kappa shape index (κ3) is 6.29. The van der Waals surface area contributed by atoms with Gasteiger partial charge in [0.05, 0.1) is 34.0 Å². The van der Waals surface area contributed by atoms with Gasteiger partial charge in [-0.2, -0.15) is 0 Å². The van der Waals surface area contributed by atoms with E-state index < -0.39 is 0 Å². The van der Waals surface area contributed by atoms with Crippen molar-refractivity contribution in [1.29, 1.82) is 0 Å². The SMILES string of the molecule is c1ccc(-c2cccc(-c3nc4ccccc4c4c(-c5cccc(-c6ccc(-c7cc(-c8ccccn8)nc(-c8ccccn8)c7)cc6)c5)cccc34)c2)cc1. The summed E-state index contributed by atoms with van der Waals surface area (Å²) in [7, 11) is 0. The molecule has 0 bridgehead atoms. The lowest BCUT2D eigenvalue weighted by Crippen LogP contribution is -1.94. The highest BCUT2D eigenvalue weighted by Crippen LogP contribution is 2.40. The zero-order chi connectivity index (χ0) is 37.3. The van der Waals surface area contributed by atoms with Gasteiger partial charge in [-0.1, -0.05) is 140 Å². The largest absolute Gasteiger partial charge is 0.255 e. The molecule has 0 atom stereocenters. The Hall–Kier alpha value is -7.56. The molecule has 10 aromatic rings. The minimum absolute atomic E-state index is 0.811. The van der Waals surface area contributed by atoms with Crippen molar-refractivity contribution < 1.29 is 0 Å². The number of hydrogen-bond donors (Lipinski definition) is 0. The highest BCUT2D eigenvalue weighted by molar-refractivity contribution is 6.17. The third-order valence-corrected chi connectivity index (χ3v) is 10.4. The summed E-state index contributed by atoms with van der Waals surface area (Å²) in [6.45, 7) is 0. The molecule has 0 amide bonds. The van der Waals surface area contributed by atoms with E-state index in [0.29, 0.717) is 0 Å². The molecule has 0 aliphatic heterocycles. The van der Waals surface area contributed by atoms with Gasteiger partial charge in [0.1, 0.15) is 0 Å². The van der Waals surface area contributed by atoms with Crippen molar-refractivity contribution in [3.05, 3.63) is 207 Å². The van der Waals surface area contributed by atoms with Crippen molar-refractivity contribution in [2.45, 2.75) is 0 Å². The lowest BCUT2D eigenvalue weighted by Gasteiger charge is -2.15. The van der Waals surface area contributed by atoms with Crippen LogP contribution in [-0.4, -0.2) is 19.9 Å². The maximum atomic E-state index is 5.28. The molecule has 0 saturated carbocycles. The number of nitrogens with zero attached hydrogens (tertiary/aromatic N) is 4. The van der Waals surface area contributed by atoms with Crippen molar-refractivity contribution in [3.8, 4) is 78.5 Å². The summed E-state index contributed by atoms with van der Waals surface area (Å²) >= 11 is 0. The van der Waals surface area contributed by atoms with Gasteiger partial charge in [-0.05, 0) is 99.1 Å². The molecule has 4 aromatic heterocycles. The molecule has 0 unspecified atom stereocenters. The molecule has 10 rings (SSSR count). The van der Waals surface area contributed by atoms with Crippen LogP contribution < -0.4 is 0 Å². The van der Waals surface area contributed by atoms with Gasteiger partial charge in [-0.25, -0.2) is 9.97 Å². The van der Waals surface area contributed by atoms with Crippen molar-refractivity contribution in [1.82, 2.24) is 19.9 Å². The van der Waals surface area contributed by atoms with Gasteiger partial charge in [0, 0.05) is 34.1 Å². The summed E-state index contributed by atoms with van der Waals surface area (Å²) in [4.78, 5) is 19.4. The molecule has 0 N–H and O–H groups in total. The van der Waals surface area contributed by atoms with Crippen LogP contribution in [0.25, 0.3) is 100 Å². The second-order valence-electron chi connectivity index (χ2n) is 13.9. The molecule has 6 aromatic carbocycles. The van der Waals surface area contributed by atoms with Crippen LogP contribution in [0, 0.1) is 0 Å². The summed E-state index contributed by atoms with van der Waals surface area (Å²) in [5.74, 6) is 0. The normalized spacial score (nSPS) is 11.2. The topological polar surface area (TPSA) is 51.6 Å². The number of aromatic nitrogens is 4. The highest BCUT2D eigenvalue weighted by atomic mass is 14.8. The highest BCUT2D eigenvalue weighted by Gasteiger charge is 2.16. The van der Waals surface area contributed by atoms with Crippen LogP contribution >= 0.6 is 0 Å². The second kappa shape index (κ2) is 14.3. The average molecular weight is 715 g/mol. The lowest BCUT2D eigenvalue weighted by atomic mass is 9.91. The standard InChI is InChI=1S/C52H34N4/c1-2-13-35(14-3-1)39-16-11-18-41(32-39)52-45-21-12-20-43(51(45)44-19-4-5-22-46(44)56-52)40-17-10-15-38(31-40)36-25-27-37(28-26-36)42-33-49(47-23-6-8-29-53-47)55-50(34-42)48-24-7-9-30-54-48/h1-34H. The van der Waals surface area contributed by atoms with Gasteiger partial charge in [0.25, 0.3) is 0 Å².